The lowest BCUT2D eigenvalue weighted by molar-refractivity contribution is 0.282. The van der Waals surface area contributed by atoms with Gasteiger partial charge in [0.15, 0.2) is 0 Å². The molecule has 2 nitrogen and oxygen atoms in total. The molecule has 1 saturated heterocycles. The zero-order valence-electron chi connectivity index (χ0n) is 7.25. The van der Waals surface area contributed by atoms with Gasteiger partial charge in [-0.2, -0.15) is 0 Å². The van der Waals surface area contributed by atoms with Crippen LogP contribution in [0.2, 0.25) is 0 Å². The zero-order chi connectivity index (χ0) is 8.01. The van der Waals surface area contributed by atoms with Crippen molar-refractivity contribution in [3.63, 3.8) is 0 Å². The first-order valence-corrected chi connectivity index (χ1v) is 4.41. The molecule has 1 aliphatic heterocycles. The van der Waals surface area contributed by atoms with Gasteiger partial charge in [-0.1, -0.05) is 0 Å². The molecule has 2 bridgehead atoms. The topological polar surface area (TPSA) is 29.3 Å². The van der Waals surface area contributed by atoms with Crippen LogP contribution >= 0.6 is 0 Å². The van der Waals surface area contributed by atoms with Gasteiger partial charge in [0.25, 0.3) is 0 Å². The van der Waals surface area contributed by atoms with Crippen molar-refractivity contribution in [3.05, 3.63) is 11.8 Å². The fraction of sp³-hybridized carbons (Fsp3) is 0.778. The van der Waals surface area contributed by atoms with Crippen LogP contribution in [0.5, 0.6) is 0 Å². The molecule has 0 unspecified atom stereocenters. The van der Waals surface area contributed by atoms with E-state index in [1.165, 1.54) is 18.7 Å². The quantitative estimate of drug-likeness (QED) is 0.606. The SMILES string of the molecule is CC(C)N1C[C@H]2CC1=C[C@H]2N. The number of hydrogen-bond donors (Lipinski definition) is 1. The second-order valence-electron chi connectivity index (χ2n) is 3.95. The standard InChI is InChI=1S/C9H16N2/c1-6(2)11-5-7-3-8(11)4-9(7)10/h4,6-7,9H,3,5,10H2,1-2H3/t7-,9-/m1/s1. The van der Waals surface area contributed by atoms with E-state index in [9.17, 15) is 0 Å². The average Bonchev–Trinajstić information content (AvgIpc) is 2.43. The molecule has 11 heavy (non-hydrogen) atoms. The van der Waals surface area contributed by atoms with Gasteiger partial charge in [-0.25, -0.2) is 0 Å². The van der Waals surface area contributed by atoms with E-state index in [1.54, 1.807) is 0 Å². The summed E-state index contributed by atoms with van der Waals surface area (Å²) in [5.74, 6) is 0.715. The maximum Gasteiger partial charge on any atom is 0.0293 e. The summed E-state index contributed by atoms with van der Waals surface area (Å²) < 4.78 is 0. The lowest BCUT2D eigenvalue weighted by atomic mass is 10.1. The Labute approximate surface area is 68.1 Å². The second-order valence-corrected chi connectivity index (χ2v) is 3.95. The number of hydrogen-bond acceptors (Lipinski definition) is 2. The molecule has 2 rings (SSSR count). The van der Waals surface area contributed by atoms with Gasteiger partial charge >= 0.3 is 0 Å². The van der Waals surface area contributed by atoms with E-state index in [-0.39, 0.29) is 0 Å². The predicted molar refractivity (Wildman–Crippen MR) is 46.0 cm³/mol. The molecule has 0 aromatic carbocycles. The summed E-state index contributed by atoms with van der Waals surface area (Å²) >= 11 is 0. The molecule has 0 amide bonds. The molecular formula is C9H16N2. The van der Waals surface area contributed by atoms with Gasteiger partial charge in [-0.05, 0) is 26.3 Å². The molecule has 62 valence electrons. The maximum absolute atomic E-state index is 5.88. The van der Waals surface area contributed by atoms with Crippen LogP contribution in [0.15, 0.2) is 11.8 Å². The van der Waals surface area contributed by atoms with Gasteiger partial charge in [0.1, 0.15) is 0 Å². The normalized spacial score (nSPS) is 35.3. The van der Waals surface area contributed by atoms with Crippen LogP contribution < -0.4 is 5.73 Å². The van der Waals surface area contributed by atoms with Crippen molar-refractivity contribution in [1.29, 1.82) is 0 Å². The van der Waals surface area contributed by atoms with Gasteiger partial charge in [0, 0.05) is 30.2 Å². The van der Waals surface area contributed by atoms with Crippen LogP contribution in [-0.4, -0.2) is 23.5 Å². The molecule has 0 spiro atoms. The van der Waals surface area contributed by atoms with E-state index in [0.717, 1.165) is 0 Å². The molecule has 0 radical (unpaired) electrons. The largest absolute Gasteiger partial charge is 0.372 e. The van der Waals surface area contributed by atoms with E-state index in [1.807, 2.05) is 0 Å². The number of nitrogens with two attached hydrogens (primary N) is 1. The lowest BCUT2D eigenvalue weighted by Crippen LogP contribution is -2.36. The minimum atomic E-state index is 0.347. The van der Waals surface area contributed by atoms with Crippen molar-refractivity contribution < 1.29 is 0 Å². The Hall–Kier alpha value is -0.500. The predicted octanol–water partition coefficient (Wildman–Crippen LogP) is 0.942. The molecule has 1 aliphatic carbocycles. The van der Waals surface area contributed by atoms with Crippen molar-refractivity contribution in [3.8, 4) is 0 Å². The molecule has 2 heteroatoms. The van der Waals surface area contributed by atoms with Gasteiger partial charge in [0.05, 0.1) is 0 Å². The second kappa shape index (κ2) is 2.24. The van der Waals surface area contributed by atoms with Crippen LogP contribution in [0.4, 0.5) is 0 Å². The number of fused-ring (bicyclic) bond motifs is 2. The monoisotopic (exact) mass is 152 g/mol. The summed E-state index contributed by atoms with van der Waals surface area (Å²) in [6, 6.07) is 0.999. The number of allylic oxidation sites excluding steroid dienone is 1. The Bertz CT molecular complexity index is 196. The average molecular weight is 152 g/mol. The highest BCUT2D eigenvalue weighted by Crippen LogP contribution is 2.36. The lowest BCUT2D eigenvalue weighted by Gasteiger charge is -2.29. The molecule has 1 heterocycles. The van der Waals surface area contributed by atoms with E-state index < -0.39 is 0 Å². The molecule has 2 aliphatic rings. The van der Waals surface area contributed by atoms with Crippen molar-refractivity contribution in [2.75, 3.05) is 6.54 Å². The minimum Gasteiger partial charge on any atom is -0.372 e. The molecule has 2 N–H and O–H groups in total. The number of likely N-dealkylation sites (tertiary alicyclic amines) is 1. The fourth-order valence-electron chi connectivity index (χ4n) is 2.14. The van der Waals surface area contributed by atoms with Crippen molar-refractivity contribution in [2.45, 2.75) is 32.4 Å². The highest BCUT2D eigenvalue weighted by molar-refractivity contribution is 5.22. The zero-order valence-corrected chi connectivity index (χ0v) is 7.25. The third-order valence-corrected chi connectivity index (χ3v) is 2.82. The fourth-order valence-corrected chi connectivity index (χ4v) is 2.14. The summed E-state index contributed by atoms with van der Waals surface area (Å²) in [6.45, 7) is 5.67. The van der Waals surface area contributed by atoms with E-state index in [2.05, 4.69) is 24.8 Å². The van der Waals surface area contributed by atoms with Gasteiger partial charge in [-0.15, -0.1) is 0 Å². The third kappa shape index (κ3) is 0.968. The van der Waals surface area contributed by atoms with Gasteiger partial charge in [0.2, 0.25) is 0 Å². The first kappa shape index (κ1) is 7.17. The highest BCUT2D eigenvalue weighted by atomic mass is 15.2. The Kier molecular flexibility index (Phi) is 1.46. The van der Waals surface area contributed by atoms with E-state index in [0.29, 0.717) is 18.0 Å². The molecule has 0 aromatic rings. The molecule has 2 atom stereocenters. The highest BCUT2D eigenvalue weighted by Gasteiger charge is 2.36. The summed E-state index contributed by atoms with van der Waals surface area (Å²) in [6.07, 6.45) is 3.45. The van der Waals surface area contributed by atoms with Crippen LogP contribution in [0.3, 0.4) is 0 Å². The van der Waals surface area contributed by atoms with Crippen molar-refractivity contribution in [2.24, 2.45) is 11.7 Å². The van der Waals surface area contributed by atoms with E-state index >= 15 is 0 Å². The minimum absolute atomic E-state index is 0.347. The summed E-state index contributed by atoms with van der Waals surface area (Å²) in [5, 5.41) is 0. The first-order chi connectivity index (χ1) is 5.18. The molecule has 0 aromatic heterocycles. The summed E-state index contributed by atoms with van der Waals surface area (Å²) in [5.41, 5.74) is 7.36. The Balaban J connectivity index is 2.16. The van der Waals surface area contributed by atoms with Crippen LogP contribution in [-0.2, 0) is 0 Å². The van der Waals surface area contributed by atoms with Crippen LogP contribution in [0, 0.1) is 5.92 Å². The molecular weight excluding hydrogens is 136 g/mol. The summed E-state index contributed by atoms with van der Waals surface area (Å²) in [7, 11) is 0. The Morgan fingerprint density at radius 2 is 2.36 bits per heavy atom. The Morgan fingerprint density at radius 1 is 1.64 bits per heavy atom. The molecule has 0 saturated carbocycles. The third-order valence-electron chi connectivity index (χ3n) is 2.82. The van der Waals surface area contributed by atoms with Crippen molar-refractivity contribution in [1.82, 2.24) is 4.90 Å². The number of nitrogens with zero attached hydrogens (tertiary/aromatic N) is 1. The smallest absolute Gasteiger partial charge is 0.0293 e. The summed E-state index contributed by atoms with van der Waals surface area (Å²) in [4.78, 5) is 2.47. The van der Waals surface area contributed by atoms with Crippen molar-refractivity contribution >= 4 is 0 Å². The van der Waals surface area contributed by atoms with Gasteiger partial charge < -0.3 is 10.6 Å². The van der Waals surface area contributed by atoms with Crippen LogP contribution in [0.1, 0.15) is 20.3 Å². The number of rotatable bonds is 1. The maximum atomic E-state index is 5.88. The first-order valence-electron chi connectivity index (χ1n) is 4.41. The van der Waals surface area contributed by atoms with Crippen LogP contribution in [0.25, 0.3) is 0 Å². The van der Waals surface area contributed by atoms with Gasteiger partial charge in [-0.3, -0.25) is 0 Å². The molecule has 1 fully saturated rings. The Morgan fingerprint density at radius 3 is 2.73 bits per heavy atom. The van der Waals surface area contributed by atoms with E-state index in [4.69, 9.17) is 5.73 Å².